The standard InChI is InChI=1S/C22H17ClFN9O/c23-15-7-13(3-6-16(15)24)9-26-22(34)19-17-18(27-10-28-19)21(33-31-17)25-8-12-1-4-14(5-2-12)20-29-11-30-32-20/h1-7,10-11H,8-9H2,(H,26,34)(H2,25,31,33)(H,29,30,32). The van der Waals surface area contributed by atoms with Gasteiger partial charge in [-0.05, 0) is 23.3 Å². The Labute approximate surface area is 197 Å². The molecule has 0 atom stereocenters. The summed E-state index contributed by atoms with van der Waals surface area (Å²) in [4.78, 5) is 24.0. The molecule has 0 unspecified atom stereocenters. The van der Waals surface area contributed by atoms with Gasteiger partial charge in [0.25, 0.3) is 5.91 Å². The van der Waals surface area contributed by atoms with Crippen molar-refractivity contribution in [1.82, 2.24) is 40.7 Å². The van der Waals surface area contributed by atoms with Gasteiger partial charge in [-0.25, -0.2) is 14.4 Å². The van der Waals surface area contributed by atoms with Gasteiger partial charge in [0.15, 0.2) is 17.3 Å². The Morgan fingerprint density at radius 2 is 1.88 bits per heavy atom. The molecule has 12 heteroatoms. The molecule has 3 heterocycles. The van der Waals surface area contributed by atoms with Crippen molar-refractivity contribution in [3.8, 4) is 11.4 Å². The number of carbonyl (C=O) groups excluding carboxylic acids is 1. The van der Waals surface area contributed by atoms with Crippen LogP contribution >= 0.6 is 11.6 Å². The minimum absolute atomic E-state index is 0.00641. The maximum atomic E-state index is 13.3. The zero-order valence-electron chi connectivity index (χ0n) is 17.5. The Hall–Kier alpha value is -4.38. The van der Waals surface area contributed by atoms with Gasteiger partial charge < -0.3 is 15.6 Å². The molecule has 0 aliphatic heterocycles. The Kier molecular flexibility index (Phi) is 5.83. The summed E-state index contributed by atoms with van der Waals surface area (Å²) in [6.45, 7) is 0.654. The fraction of sp³-hybridized carbons (Fsp3) is 0.0909. The average molecular weight is 478 g/mol. The summed E-state index contributed by atoms with van der Waals surface area (Å²) in [6, 6.07) is 12.1. The monoisotopic (exact) mass is 477 g/mol. The molecule has 34 heavy (non-hydrogen) atoms. The van der Waals surface area contributed by atoms with Crippen LogP contribution in [-0.4, -0.2) is 41.3 Å². The number of anilines is 1. The van der Waals surface area contributed by atoms with Gasteiger partial charge in [0.05, 0.1) is 5.02 Å². The third kappa shape index (κ3) is 4.41. The van der Waals surface area contributed by atoms with Gasteiger partial charge in [0.1, 0.15) is 29.5 Å². The first kappa shape index (κ1) is 21.5. The van der Waals surface area contributed by atoms with Crippen LogP contribution in [0.4, 0.5) is 10.2 Å². The number of benzene rings is 2. The normalized spacial score (nSPS) is 11.0. The molecule has 0 bridgehead atoms. The Morgan fingerprint density at radius 1 is 1.06 bits per heavy atom. The predicted octanol–water partition coefficient (Wildman–Crippen LogP) is 3.47. The van der Waals surface area contributed by atoms with Crippen LogP contribution in [0.1, 0.15) is 21.6 Å². The minimum Gasteiger partial charge on any atom is -0.363 e. The van der Waals surface area contributed by atoms with Crippen molar-refractivity contribution in [3.05, 3.63) is 82.8 Å². The summed E-state index contributed by atoms with van der Waals surface area (Å²) in [5.74, 6) is 0.252. The molecule has 0 saturated heterocycles. The molecule has 1 amide bonds. The molecule has 0 aliphatic rings. The number of rotatable bonds is 7. The lowest BCUT2D eigenvalue weighted by molar-refractivity contribution is 0.0947. The lowest BCUT2D eigenvalue weighted by Gasteiger charge is -2.07. The summed E-state index contributed by atoms with van der Waals surface area (Å²) in [5, 5.41) is 20.8. The number of amides is 1. The largest absolute Gasteiger partial charge is 0.363 e. The van der Waals surface area contributed by atoms with E-state index in [-0.39, 0.29) is 17.3 Å². The fourth-order valence-corrected chi connectivity index (χ4v) is 3.56. The molecule has 0 aliphatic carbocycles. The topological polar surface area (TPSA) is 137 Å². The van der Waals surface area contributed by atoms with Crippen molar-refractivity contribution >= 4 is 34.4 Å². The van der Waals surface area contributed by atoms with E-state index in [1.807, 2.05) is 24.3 Å². The number of hydrogen-bond donors (Lipinski definition) is 4. The second kappa shape index (κ2) is 9.24. The number of nitrogens with zero attached hydrogens (tertiary/aromatic N) is 5. The maximum Gasteiger partial charge on any atom is 0.272 e. The van der Waals surface area contributed by atoms with Crippen LogP contribution in [0.2, 0.25) is 5.02 Å². The van der Waals surface area contributed by atoms with Crippen molar-refractivity contribution in [1.29, 1.82) is 0 Å². The van der Waals surface area contributed by atoms with Crippen molar-refractivity contribution in [2.24, 2.45) is 0 Å². The number of nitrogens with one attached hydrogen (secondary N) is 4. The van der Waals surface area contributed by atoms with Crippen molar-refractivity contribution in [3.63, 3.8) is 0 Å². The van der Waals surface area contributed by atoms with Crippen molar-refractivity contribution in [2.45, 2.75) is 13.1 Å². The molecule has 10 nitrogen and oxygen atoms in total. The second-order valence-corrected chi connectivity index (χ2v) is 7.74. The zero-order chi connectivity index (χ0) is 23.5. The summed E-state index contributed by atoms with van der Waals surface area (Å²) in [6.07, 6.45) is 2.83. The number of aromatic nitrogens is 7. The SMILES string of the molecule is O=C(NCc1ccc(F)c(Cl)c1)c1ncnc2c(NCc3ccc(-c4nnc[nH]4)cc3)n[nH]c12. The minimum atomic E-state index is -0.516. The molecular weight excluding hydrogens is 461 g/mol. The third-order valence-electron chi connectivity index (χ3n) is 5.11. The van der Waals surface area contributed by atoms with E-state index in [1.165, 1.54) is 24.8 Å². The Bertz CT molecular complexity index is 1450. The molecule has 5 aromatic rings. The highest BCUT2D eigenvalue weighted by molar-refractivity contribution is 6.30. The average Bonchev–Trinajstić information content (AvgIpc) is 3.54. The number of H-pyrrole nitrogens is 2. The molecule has 170 valence electrons. The smallest absolute Gasteiger partial charge is 0.272 e. The molecule has 0 fully saturated rings. The first-order valence-corrected chi connectivity index (χ1v) is 10.6. The number of fused-ring (bicyclic) bond motifs is 1. The molecule has 0 radical (unpaired) electrons. The molecule has 3 aromatic heterocycles. The molecular formula is C22H17ClFN9O. The Balaban J connectivity index is 1.27. The number of carbonyl (C=O) groups is 1. The van der Waals surface area contributed by atoms with Gasteiger partial charge in [0, 0.05) is 18.7 Å². The van der Waals surface area contributed by atoms with Crippen LogP contribution in [0.3, 0.4) is 0 Å². The van der Waals surface area contributed by atoms with Gasteiger partial charge in [-0.3, -0.25) is 9.89 Å². The predicted molar refractivity (Wildman–Crippen MR) is 123 cm³/mol. The second-order valence-electron chi connectivity index (χ2n) is 7.34. The van der Waals surface area contributed by atoms with Crippen LogP contribution < -0.4 is 10.6 Å². The summed E-state index contributed by atoms with van der Waals surface area (Å²) in [5.41, 5.74) is 3.65. The van der Waals surface area contributed by atoms with E-state index >= 15 is 0 Å². The van der Waals surface area contributed by atoms with Gasteiger partial charge in [0.2, 0.25) is 0 Å². The summed E-state index contributed by atoms with van der Waals surface area (Å²) in [7, 11) is 0. The van der Waals surface area contributed by atoms with E-state index in [2.05, 4.69) is 46.0 Å². The molecule has 5 rings (SSSR count). The van der Waals surface area contributed by atoms with Gasteiger partial charge in [-0.2, -0.15) is 5.10 Å². The third-order valence-corrected chi connectivity index (χ3v) is 5.40. The van der Waals surface area contributed by atoms with E-state index < -0.39 is 11.7 Å². The molecule has 0 spiro atoms. The van der Waals surface area contributed by atoms with Crippen molar-refractivity contribution < 1.29 is 9.18 Å². The van der Waals surface area contributed by atoms with Crippen LogP contribution in [0, 0.1) is 5.82 Å². The first-order valence-electron chi connectivity index (χ1n) is 10.2. The number of halogens is 2. The lowest BCUT2D eigenvalue weighted by Crippen LogP contribution is -2.24. The van der Waals surface area contributed by atoms with E-state index in [1.54, 1.807) is 6.07 Å². The first-order chi connectivity index (χ1) is 16.6. The van der Waals surface area contributed by atoms with Crippen LogP contribution in [0.5, 0.6) is 0 Å². The molecule has 2 aromatic carbocycles. The van der Waals surface area contributed by atoms with Gasteiger partial charge in [-0.1, -0.05) is 41.9 Å². The maximum absolute atomic E-state index is 13.3. The van der Waals surface area contributed by atoms with E-state index in [0.29, 0.717) is 34.8 Å². The van der Waals surface area contributed by atoms with Gasteiger partial charge >= 0.3 is 0 Å². The van der Waals surface area contributed by atoms with Crippen LogP contribution in [0.25, 0.3) is 22.4 Å². The highest BCUT2D eigenvalue weighted by atomic mass is 35.5. The van der Waals surface area contributed by atoms with Crippen LogP contribution in [-0.2, 0) is 13.1 Å². The number of aromatic amines is 2. The van der Waals surface area contributed by atoms with Crippen LogP contribution in [0.15, 0.2) is 55.1 Å². The van der Waals surface area contributed by atoms with E-state index in [0.717, 1.165) is 11.1 Å². The molecule has 4 N–H and O–H groups in total. The van der Waals surface area contributed by atoms with Crippen molar-refractivity contribution in [2.75, 3.05) is 5.32 Å². The highest BCUT2D eigenvalue weighted by Gasteiger charge is 2.17. The fourth-order valence-electron chi connectivity index (χ4n) is 3.36. The quantitative estimate of drug-likeness (QED) is 0.281. The van der Waals surface area contributed by atoms with E-state index in [4.69, 9.17) is 11.6 Å². The lowest BCUT2D eigenvalue weighted by atomic mass is 10.1. The van der Waals surface area contributed by atoms with E-state index in [9.17, 15) is 9.18 Å². The van der Waals surface area contributed by atoms with Gasteiger partial charge in [-0.15, -0.1) is 10.2 Å². The highest BCUT2D eigenvalue weighted by Crippen LogP contribution is 2.21. The summed E-state index contributed by atoms with van der Waals surface area (Å²) >= 11 is 5.80. The molecule has 0 saturated carbocycles. The summed E-state index contributed by atoms with van der Waals surface area (Å²) < 4.78 is 13.3. The Morgan fingerprint density at radius 3 is 2.65 bits per heavy atom. The zero-order valence-corrected chi connectivity index (χ0v) is 18.3. The number of hydrogen-bond acceptors (Lipinski definition) is 7.